The third kappa shape index (κ3) is 2.76. The Bertz CT molecular complexity index is 743. The molecule has 21 heavy (non-hydrogen) atoms. The van der Waals surface area contributed by atoms with E-state index in [9.17, 15) is 0 Å². The lowest BCUT2D eigenvalue weighted by atomic mass is 10.1. The number of nitrogens with zero attached hydrogens (tertiary/aromatic N) is 2. The number of rotatable bonds is 4. The third-order valence-electron chi connectivity index (χ3n) is 3.53. The zero-order chi connectivity index (χ0) is 14.8. The fourth-order valence-electron chi connectivity index (χ4n) is 2.50. The van der Waals surface area contributed by atoms with Crippen LogP contribution in [-0.2, 0) is 7.05 Å². The second-order valence-electron chi connectivity index (χ2n) is 5.32. The van der Waals surface area contributed by atoms with Crippen LogP contribution in [0.2, 0.25) is 0 Å². The van der Waals surface area contributed by atoms with E-state index in [4.69, 9.17) is 10.5 Å². The second kappa shape index (κ2) is 5.58. The first-order valence-electron chi connectivity index (χ1n) is 7.03. The van der Waals surface area contributed by atoms with Gasteiger partial charge in [-0.25, -0.2) is 0 Å². The number of aromatic nitrogens is 2. The van der Waals surface area contributed by atoms with Gasteiger partial charge in [-0.2, -0.15) is 5.10 Å². The number of aryl methyl sites for hydroxylation is 1. The maximum Gasteiger partial charge on any atom is 0.142 e. The van der Waals surface area contributed by atoms with Crippen molar-refractivity contribution in [3.8, 4) is 5.75 Å². The van der Waals surface area contributed by atoms with Crippen molar-refractivity contribution < 1.29 is 4.74 Å². The van der Waals surface area contributed by atoms with Gasteiger partial charge in [0.2, 0.25) is 0 Å². The van der Waals surface area contributed by atoms with Gasteiger partial charge < -0.3 is 10.5 Å². The van der Waals surface area contributed by atoms with Gasteiger partial charge >= 0.3 is 0 Å². The monoisotopic (exact) mass is 281 g/mol. The van der Waals surface area contributed by atoms with Crippen LogP contribution in [0.3, 0.4) is 0 Å². The van der Waals surface area contributed by atoms with E-state index < -0.39 is 0 Å². The van der Waals surface area contributed by atoms with Crippen LogP contribution in [0.25, 0.3) is 10.8 Å². The van der Waals surface area contributed by atoms with Crippen molar-refractivity contribution in [1.29, 1.82) is 0 Å². The molecule has 2 unspecified atom stereocenters. The van der Waals surface area contributed by atoms with Crippen molar-refractivity contribution >= 4 is 10.8 Å². The van der Waals surface area contributed by atoms with E-state index in [-0.39, 0.29) is 12.1 Å². The summed E-state index contributed by atoms with van der Waals surface area (Å²) < 4.78 is 7.97. The highest BCUT2D eigenvalue weighted by molar-refractivity contribution is 5.88. The number of ether oxygens (including phenoxy) is 1. The first-order valence-corrected chi connectivity index (χ1v) is 7.03. The molecule has 3 rings (SSSR count). The van der Waals surface area contributed by atoms with Crippen LogP contribution in [0.5, 0.6) is 5.75 Å². The summed E-state index contributed by atoms with van der Waals surface area (Å²) in [5.41, 5.74) is 7.09. The highest BCUT2D eigenvalue weighted by Crippen LogP contribution is 2.30. The van der Waals surface area contributed by atoms with E-state index in [1.165, 1.54) is 0 Å². The summed E-state index contributed by atoms with van der Waals surface area (Å²) in [6.45, 7) is 1.95. The van der Waals surface area contributed by atoms with Gasteiger partial charge in [0.1, 0.15) is 11.9 Å². The van der Waals surface area contributed by atoms with Crippen molar-refractivity contribution in [1.82, 2.24) is 9.78 Å². The Hall–Kier alpha value is -2.33. The molecule has 3 aromatic rings. The lowest BCUT2D eigenvalue weighted by Crippen LogP contribution is -2.28. The molecular weight excluding hydrogens is 262 g/mol. The molecule has 0 fully saturated rings. The maximum absolute atomic E-state index is 6.21. The third-order valence-corrected chi connectivity index (χ3v) is 3.53. The number of hydrogen-bond donors (Lipinski definition) is 1. The Labute approximate surface area is 124 Å². The smallest absolute Gasteiger partial charge is 0.142 e. The average Bonchev–Trinajstić information content (AvgIpc) is 2.90. The predicted molar refractivity (Wildman–Crippen MR) is 84.2 cm³/mol. The molecule has 0 amide bonds. The van der Waals surface area contributed by atoms with Gasteiger partial charge in [-0.05, 0) is 18.4 Å². The van der Waals surface area contributed by atoms with E-state index >= 15 is 0 Å². The second-order valence-corrected chi connectivity index (χ2v) is 5.32. The van der Waals surface area contributed by atoms with Gasteiger partial charge in [0.15, 0.2) is 0 Å². The van der Waals surface area contributed by atoms with Crippen LogP contribution in [-0.4, -0.2) is 15.8 Å². The minimum absolute atomic E-state index is 0.131. The molecule has 0 aliphatic carbocycles. The summed E-state index contributed by atoms with van der Waals surface area (Å²) in [5, 5.41) is 6.45. The van der Waals surface area contributed by atoms with Crippen LogP contribution in [0.15, 0.2) is 54.9 Å². The minimum atomic E-state index is -0.218. The Morgan fingerprint density at radius 2 is 1.90 bits per heavy atom. The molecule has 0 spiro atoms. The standard InChI is InChI=1S/C17H19N3O/c1-12(18)17(14-10-19-20(2)11-14)21-16-9-5-7-13-6-3-4-8-15(13)16/h3-12,17H,18H2,1-2H3. The average molecular weight is 281 g/mol. The zero-order valence-electron chi connectivity index (χ0n) is 12.2. The Kier molecular flexibility index (Phi) is 3.62. The van der Waals surface area contributed by atoms with Gasteiger partial charge in [-0.3, -0.25) is 4.68 Å². The van der Waals surface area contributed by atoms with Crippen molar-refractivity contribution in [3.63, 3.8) is 0 Å². The topological polar surface area (TPSA) is 53.1 Å². The Morgan fingerprint density at radius 3 is 2.62 bits per heavy atom. The van der Waals surface area contributed by atoms with E-state index in [0.29, 0.717) is 0 Å². The first kappa shape index (κ1) is 13.6. The Balaban J connectivity index is 1.99. The molecular formula is C17H19N3O. The van der Waals surface area contributed by atoms with Crippen LogP contribution in [0, 0.1) is 0 Å². The normalized spacial score (nSPS) is 14.0. The van der Waals surface area contributed by atoms with Crippen molar-refractivity contribution in [3.05, 3.63) is 60.4 Å². The number of hydrogen-bond acceptors (Lipinski definition) is 3. The summed E-state index contributed by atoms with van der Waals surface area (Å²) in [4.78, 5) is 0. The van der Waals surface area contributed by atoms with Gasteiger partial charge in [-0.15, -0.1) is 0 Å². The van der Waals surface area contributed by atoms with Gasteiger partial charge in [0, 0.05) is 30.2 Å². The van der Waals surface area contributed by atoms with E-state index in [1.54, 1.807) is 10.9 Å². The van der Waals surface area contributed by atoms with Gasteiger partial charge in [0.25, 0.3) is 0 Å². The first-order chi connectivity index (χ1) is 10.1. The SMILES string of the molecule is CC(N)C(Oc1cccc2ccccc12)c1cnn(C)c1. The number of benzene rings is 2. The van der Waals surface area contributed by atoms with Crippen LogP contribution < -0.4 is 10.5 Å². The summed E-state index contributed by atoms with van der Waals surface area (Å²) >= 11 is 0. The molecule has 0 bridgehead atoms. The molecule has 0 aliphatic heterocycles. The molecule has 2 N–H and O–H groups in total. The van der Waals surface area contributed by atoms with Crippen LogP contribution in [0.1, 0.15) is 18.6 Å². The highest BCUT2D eigenvalue weighted by Gasteiger charge is 2.20. The fraction of sp³-hybridized carbons (Fsp3) is 0.235. The largest absolute Gasteiger partial charge is 0.483 e. The van der Waals surface area contributed by atoms with Crippen molar-refractivity contribution in [2.75, 3.05) is 0 Å². The predicted octanol–water partition coefficient (Wildman–Crippen LogP) is 3.04. The molecule has 0 saturated heterocycles. The van der Waals surface area contributed by atoms with E-state index in [0.717, 1.165) is 22.1 Å². The van der Waals surface area contributed by atoms with Gasteiger partial charge in [-0.1, -0.05) is 36.4 Å². The van der Waals surface area contributed by atoms with E-state index in [1.807, 2.05) is 44.4 Å². The molecule has 2 atom stereocenters. The molecule has 0 aliphatic rings. The molecule has 1 aromatic heterocycles. The lowest BCUT2D eigenvalue weighted by Gasteiger charge is -2.22. The number of fused-ring (bicyclic) bond motifs is 1. The minimum Gasteiger partial charge on any atom is -0.483 e. The lowest BCUT2D eigenvalue weighted by molar-refractivity contribution is 0.183. The molecule has 2 aromatic carbocycles. The van der Waals surface area contributed by atoms with E-state index in [2.05, 4.69) is 23.3 Å². The molecule has 4 nitrogen and oxygen atoms in total. The Morgan fingerprint density at radius 1 is 1.14 bits per heavy atom. The van der Waals surface area contributed by atoms with Crippen LogP contribution >= 0.6 is 0 Å². The zero-order valence-corrected chi connectivity index (χ0v) is 12.2. The molecule has 0 saturated carbocycles. The molecule has 4 heteroatoms. The summed E-state index contributed by atoms with van der Waals surface area (Å²) in [6, 6.07) is 14.1. The summed E-state index contributed by atoms with van der Waals surface area (Å²) in [7, 11) is 1.89. The van der Waals surface area contributed by atoms with Gasteiger partial charge in [0.05, 0.1) is 6.20 Å². The fourth-order valence-corrected chi connectivity index (χ4v) is 2.50. The highest BCUT2D eigenvalue weighted by atomic mass is 16.5. The summed E-state index contributed by atoms with van der Waals surface area (Å²) in [6.07, 6.45) is 3.53. The van der Waals surface area contributed by atoms with Crippen molar-refractivity contribution in [2.45, 2.75) is 19.1 Å². The molecule has 108 valence electrons. The molecule has 0 radical (unpaired) electrons. The maximum atomic E-state index is 6.21. The molecule has 1 heterocycles. The number of nitrogens with two attached hydrogens (primary N) is 1. The quantitative estimate of drug-likeness (QED) is 0.799. The van der Waals surface area contributed by atoms with Crippen LogP contribution in [0.4, 0.5) is 0 Å². The summed E-state index contributed by atoms with van der Waals surface area (Å²) in [5.74, 6) is 0.847. The van der Waals surface area contributed by atoms with Crippen molar-refractivity contribution in [2.24, 2.45) is 12.8 Å².